The Kier molecular flexibility index (Phi) is 3.31. The maximum atomic E-state index is 11.1. The van der Waals surface area contributed by atoms with Crippen molar-refractivity contribution < 1.29 is 9.53 Å². The molecule has 1 heterocycles. The highest BCUT2D eigenvalue weighted by atomic mass is 79.9. The second-order valence-electron chi connectivity index (χ2n) is 2.00. The minimum Gasteiger partial charge on any atom is -0.465 e. The molecule has 1 aromatic rings. The molecule has 6 heteroatoms. The van der Waals surface area contributed by atoms with E-state index in [1.165, 1.54) is 7.11 Å². The zero-order valence-corrected chi connectivity index (χ0v) is 9.59. The van der Waals surface area contributed by atoms with E-state index in [0.717, 1.165) is 11.3 Å². The Labute approximate surface area is 92.0 Å². The van der Waals surface area contributed by atoms with Crippen LogP contribution in [0.4, 0.5) is 0 Å². The molecule has 0 amide bonds. The Bertz CT molecular complexity index is 396. The number of halogens is 2. The first-order valence-corrected chi connectivity index (χ1v) is 5.06. The predicted molar refractivity (Wildman–Crippen MR) is 53.1 cm³/mol. The van der Waals surface area contributed by atoms with E-state index < -0.39 is 5.97 Å². The van der Waals surface area contributed by atoms with E-state index in [2.05, 4.69) is 20.7 Å². The van der Waals surface area contributed by atoms with Gasteiger partial charge in [0.25, 0.3) is 0 Å². The highest BCUT2D eigenvalue weighted by Crippen LogP contribution is 2.36. The molecule has 1 rings (SSSR count). The summed E-state index contributed by atoms with van der Waals surface area (Å²) in [5, 5.41) is 8.72. The van der Waals surface area contributed by atoms with E-state index in [0.29, 0.717) is 8.81 Å². The van der Waals surface area contributed by atoms with Gasteiger partial charge in [0.15, 0.2) is 0 Å². The normalized spacial score (nSPS) is 9.38. The molecule has 0 saturated heterocycles. The number of nitriles is 1. The van der Waals surface area contributed by atoms with Crippen molar-refractivity contribution in [2.75, 3.05) is 7.11 Å². The van der Waals surface area contributed by atoms with Gasteiger partial charge >= 0.3 is 5.97 Å². The van der Waals surface area contributed by atoms with Crippen molar-refractivity contribution in [1.29, 1.82) is 5.26 Å². The van der Waals surface area contributed by atoms with Crippen molar-refractivity contribution in [2.24, 2.45) is 0 Å². The van der Waals surface area contributed by atoms with Gasteiger partial charge in [-0.3, -0.25) is 0 Å². The third kappa shape index (κ3) is 1.85. The molecule has 0 aliphatic rings. The van der Waals surface area contributed by atoms with Crippen LogP contribution in [0.1, 0.15) is 15.2 Å². The molecule has 0 radical (unpaired) electrons. The molecule has 0 atom stereocenters. The van der Waals surface area contributed by atoms with Crippen LogP contribution in [-0.2, 0) is 4.74 Å². The van der Waals surface area contributed by atoms with Gasteiger partial charge < -0.3 is 4.74 Å². The second-order valence-corrected chi connectivity index (χ2v) is 4.41. The number of thiophene rings is 1. The summed E-state index contributed by atoms with van der Waals surface area (Å²) in [4.78, 5) is 11.3. The average Bonchev–Trinajstić information content (AvgIpc) is 2.42. The molecule has 0 N–H and O–H groups in total. The summed E-state index contributed by atoms with van der Waals surface area (Å²) >= 11 is 9.85. The second kappa shape index (κ2) is 4.09. The van der Waals surface area contributed by atoms with Crippen molar-refractivity contribution in [3.8, 4) is 6.07 Å². The molecular weight excluding hydrogens is 278 g/mol. The van der Waals surface area contributed by atoms with E-state index in [1.54, 1.807) is 0 Å². The molecule has 0 aromatic carbocycles. The topological polar surface area (TPSA) is 50.1 Å². The Morgan fingerprint density at radius 3 is 2.85 bits per heavy atom. The van der Waals surface area contributed by atoms with Crippen LogP contribution in [-0.4, -0.2) is 13.1 Å². The third-order valence-electron chi connectivity index (χ3n) is 1.29. The highest BCUT2D eigenvalue weighted by molar-refractivity contribution is 9.10. The summed E-state index contributed by atoms with van der Waals surface area (Å²) in [6.07, 6.45) is 0. The Balaban J connectivity index is 3.31. The number of nitrogens with zero attached hydrogens (tertiary/aromatic N) is 1. The maximum Gasteiger partial charge on any atom is 0.349 e. The first kappa shape index (κ1) is 10.5. The molecule has 0 aliphatic heterocycles. The first-order valence-electron chi connectivity index (χ1n) is 3.08. The van der Waals surface area contributed by atoms with Gasteiger partial charge in [0.1, 0.15) is 15.3 Å². The van der Waals surface area contributed by atoms with Crippen molar-refractivity contribution in [3.63, 3.8) is 0 Å². The van der Waals surface area contributed by atoms with Crippen LogP contribution in [0.2, 0.25) is 4.34 Å². The van der Waals surface area contributed by atoms with Gasteiger partial charge in [-0.05, 0) is 15.9 Å². The van der Waals surface area contributed by atoms with E-state index in [9.17, 15) is 4.79 Å². The largest absolute Gasteiger partial charge is 0.465 e. The molecular formula is C7H3BrClNO2S. The van der Waals surface area contributed by atoms with Gasteiger partial charge in [-0.1, -0.05) is 11.6 Å². The lowest BCUT2D eigenvalue weighted by molar-refractivity contribution is 0.0606. The summed E-state index contributed by atoms with van der Waals surface area (Å²) in [6, 6.07) is 1.88. The van der Waals surface area contributed by atoms with Crippen LogP contribution >= 0.6 is 38.9 Å². The van der Waals surface area contributed by atoms with Crippen LogP contribution in [0.25, 0.3) is 0 Å². The summed E-state index contributed by atoms with van der Waals surface area (Å²) in [5.41, 5.74) is 0.224. The van der Waals surface area contributed by atoms with Crippen LogP contribution in [0.5, 0.6) is 0 Å². The molecule has 13 heavy (non-hydrogen) atoms. The predicted octanol–water partition coefficient (Wildman–Crippen LogP) is 2.82. The van der Waals surface area contributed by atoms with E-state index >= 15 is 0 Å². The Morgan fingerprint density at radius 2 is 2.38 bits per heavy atom. The fraction of sp³-hybridized carbons (Fsp3) is 0.143. The molecule has 0 aliphatic carbocycles. The molecule has 0 saturated carbocycles. The lowest BCUT2D eigenvalue weighted by atomic mass is 10.3. The Hall–Kier alpha value is -0.570. The van der Waals surface area contributed by atoms with Crippen LogP contribution in [0.3, 0.4) is 0 Å². The van der Waals surface area contributed by atoms with Crippen LogP contribution in [0, 0.1) is 11.3 Å². The van der Waals surface area contributed by atoms with Gasteiger partial charge in [0.2, 0.25) is 0 Å². The standard InChI is InChI=1S/C7H3BrClNO2S/c1-12-7(11)5-3(2-10)4(8)6(9)13-5/h1H3. The van der Waals surface area contributed by atoms with E-state index in [1.807, 2.05) is 6.07 Å². The minimum absolute atomic E-state index is 0.224. The number of rotatable bonds is 1. The smallest absolute Gasteiger partial charge is 0.349 e. The van der Waals surface area contributed by atoms with E-state index in [-0.39, 0.29) is 10.4 Å². The molecule has 1 aromatic heterocycles. The highest BCUT2D eigenvalue weighted by Gasteiger charge is 2.20. The Morgan fingerprint density at radius 1 is 1.77 bits per heavy atom. The first-order chi connectivity index (χ1) is 6.11. The van der Waals surface area contributed by atoms with Gasteiger partial charge in [-0.15, -0.1) is 11.3 Å². The van der Waals surface area contributed by atoms with Crippen molar-refractivity contribution in [2.45, 2.75) is 0 Å². The van der Waals surface area contributed by atoms with Gasteiger partial charge in [-0.2, -0.15) is 5.26 Å². The minimum atomic E-state index is -0.547. The molecule has 0 fully saturated rings. The summed E-state index contributed by atoms with van der Waals surface area (Å²) in [6.45, 7) is 0. The number of hydrogen-bond donors (Lipinski definition) is 0. The maximum absolute atomic E-state index is 11.1. The average molecular weight is 281 g/mol. The van der Waals surface area contributed by atoms with E-state index in [4.69, 9.17) is 16.9 Å². The molecule has 0 spiro atoms. The zero-order chi connectivity index (χ0) is 10.0. The van der Waals surface area contributed by atoms with Crippen molar-refractivity contribution in [1.82, 2.24) is 0 Å². The quantitative estimate of drug-likeness (QED) is 0.743. The molecule has 0 bridgehead atoms. The molecule has 68 valence electrons. The van der Waals surface area contributed by atoms with Crippen molar-refractivity contribution >= 4 is 44.8 Å². The number of ether oxygens (including phenoxy) is 1. The summed E-state index contributed by atoms with van der Waals surface area (Å²) in [7, 11) is 1.25. The zero-order valence-electron chi connectivity index (χ0n) is 6.43. The number of carbonyl (C=O) groups is 1. The van der Waals surface area contributed by atoms with Gasteiger partial charge in [-0.25, -0.2) is 4.79 Å². The fourth-order valence-electron chi connectivity index (χ4n) is 0.720. The summed E-state index contributed by atoms with van der Waals surface area (Å²) in [5.74, 6) is -0.547. The summed E-state index contributed by atoms with van der Waals surface area (Å²) < 4.78 is 5.31. The third-order valence-corrected chi connectivity index (χ3v) is 3.96. The van der Waals surface area contributed by atoms with Crippen LogP contribution in [0.15, 0.2) is 4.47 Å². The number of hydrogen-bond acceptors (Lipinski definition) is 4. The van der Waals surface area contributed by atoms with Crippen molar-refractivity contribution in [3.05, 3.63) is 19.2 Å². The monoisotopic (exact) mass is 279 g/mol. The fourth-order valence-corrected chi connectivity index (χ4v) is 2.49. The van der Waals surface area contributed by atoms with Gasteiger partial charge in [0, 0.05) is 0 Å². The molecule has 3 nitrogen and oxygen atoms in total. The lowest BCUT2D eigenvalue weighted by Crippen LogP contribution is -1.99. The number of methoxy groups -OCH3 is 1. The van der Waals surface area contributed by atoms with Crippen LogP contribution < -0.4 is 0 Å². The number of carbonyl (C=O) groups excluding carboxylic acids is 1. The van der Waals surface area contributed by atoms with Gasteiger partial charge in [0.05, 0.1) is 17.1 Å². The number of esters is 1. The SMILES string of the molecule is COC(=O)c1sc(Cl)c(Br)c1C#N. The molecule has 0 unspecified atom stereocenters. The lowest BCUT2D eigenvalue weighted by Gasteiger charge is -1.93.